The Hall–Kier alpha value is -0.0500. The second-order valence-electron chi connectivity index (χ2n) is 4.36. The van der Waals surface area contributed by atoms with Crippen LogP contribution in [0.15, 0.2) is 0 Å². The topological polar surface area (TPSA) is 20.3 Å². The van der Waals surface area contributed by atoms with Gasteiger partial charge in [0.1, 0.15) is 0 Å². The second kappa shape index (κ2) is 5.74. The molecule has 1 saturated carbocycles. The molecule has 0 spiro atoms. The van der Waals surface area contributed by atoms with Crippen molar-refractivity contribution in [2.75, 3.05) is 12.4 Å². The molecule has 14 heavy (non-hydrogen) atoms. The van der Waals surface area contributed by atoms with Gasteiger partial charge >= 0.3 is 0 Å². The zero-order chi connectivity index (χ0) is 10.6. The SMILES string of the molecule is CC1CCC(N(C)C(=O)CCBr)CC1. The number of nitrogens with zero attached hydrogens (tertiary/aromatic N) is 1. The summed E-state index contributed by atoms with van der Waals surface area (Å²) in [6.45, 7) is 2.30. The minimum Gasteiger partial charge on any atom is -0.343 e. The first kappa shape index (κ1) is 12.0. The van der Waals surface area contributed by atoms with Gasteiger partial charge in [0.25, 0.3) is 0 Å². The van der Waals surface area contributed by atoms with Crippen molar-refractivity contribution in [3.63, 3.8) is 0 Å². The number of amides is 1. The van der Waals surface area contributed by atoms with E-state index in [0.29, 0.717) is 12.5 Å². The highest BCUT2D eigenvalue weighted by atomic mass is 79.9. The van der Waals surface area contributed by atoms with E-state index in [9.17, 15) is 4.79 Å². The first-order valence-electron chi connectivity index (χ1n) is 5.46. The van der Waals surface area contributed by atoms with Crippen LogP contribution >= 0.6 is 15.9 Å². The van der Waals surface area contributed by atoms with Crippen LogP contribution in [0.5, 0.6) is 0 Å². The van der Waals surface area contributed by atoms with Gasteiger partial charge < -0.3 is 4.90 Å². The maximum atomic E-state index is 11.6. The second-order valence-corrected chi connectivity index (χ2v) is 5.15. The van der Waals surface area contributed by atoms with Gasteiger partial charge in [0.05, 0.1) is 0 Å². The molecule has 0 aromatic heterocycles. The van der Waals surface area contributed by atoms with Crippen LogP contribution in [0.1, 0.15) is 39.0 Å². The lowest BCUT2D eigenvalue weighted by molar-refractivity contribution is -0.132. The third-order valence-corrected chi connectivity index (χ3v) is 3.63. The molecule has 2 nitrogen and oxygen atoms in total. The van der Waals surface area contributed by atoms with Crippen molar-refractivity contribution in [1.29, 1.82) is 0 Å². The molecule has 0 aromatic rings. The lowest BCUT2D eigenvalue weighted by Gasteiger charge is -2.33. The summed E-state index contributed by atoms with van der Waals surface area (Å²) < 4.78 is 0. The summed E-state index contributed by atoms with van der Waals surface area (Å²) in [5, 5.41) is 0.777. The van der Waals surface area contributed by atoms with Gasteiger partial charge in [0.2, 0.25) is 5.91 Å². The van der Waals surface area contributed by atoms with Crippen molar-refractivity contribution in [3.8, 4) is 0 Å². The first-order chi connectivity index (χ1) is 6.65. The minimum atomic E-state index is 0.279. The molecule has 0 aromatic carbocycles. The number of hydrogen-bond donors (Lipinski definition) is 0. The molecule has 3 heteroatoms. The van der Waals surface area contributed by atoms with Crippen LogP contribution in [-0.4, -0.2) is 29.2 Å². The Morgan fingerprint density at radius 2 is 1.93 bits per heavy atom. The van der Waals surface area contributed by atoms with Gasteiger partial charge in [0, 0.05) is 24.8 Å². The number of alkyl halides is 1. The zero-order valence-electron chi connectivity index (χ0n) is 9.13. The first-order valence-corrected chi connectivity index (χ1v) is 6.59. The predicted molar refractivity (Wildman–Crippen MR) is 62.6 cm³/mol. The average Bonchev–Trinajstić information content (AvgIpc) is 2.18. The van der Waals surface area contributed by atoms with Crippen LogP contribution in [-0.2, 0) is 4.79 Å². The Bertz CT molecular complexity index is 188. The van der Waals surface area contributed by atoms with Crippen LogP contribution in [0.3, 0.4) is 0 Å². The Kier molecular flexibility index (Phi) is 4.93. The van der Waals surface area contributed by atoms with Crippen LogP contribution in [0.25, 0.3) is 0 Å². The van der Waals surface area contributed by atoms with Gasteiger partial charge in [-0.15, -0.1) is 0 Å². The largest absolute Gasteiger partial charge is 0.343 e. The van der Waals surface area contributed by atoms with E-state index in [-0.39, 0.29) is 5.91 Å². The maximum Gasteiger partial charge on any atom is 0.223 e. The Morgan fingerprint density at radius 1 is 1.36 bits per heavy atom. The molecule has 0 unspecified atom stereocenters. The van der Waals surface area contributed by atoms with Crippen LogP contribution in [0, 0.1) is 5.92 Å². The molecule has 0 heterocycles. The van der Waals surface area contributed by atoms with Crippen LogP contribution in [0.2, 0.25) is 0 Å². The Labute approximate surface area is 95.2 Å². The summed E-state index contributed by atoms with van der Waals surface area (Å²) >= 11 is 3.30. The van der Waals surface area contributed by atoms with Gasteiger partial charge in [-0.3, -0.25) is 4.79 Å². The van der Waals surface area contributed by atoms with Crippen molar-refractivity contribution in [2.24, 2.45) is 5.92 Å². The predicted octanol–water partition coefficient (Wildman–Crippen LogP) is 2.81. The van der Waals surface area contributed by atoms with E-state index in [0.717, 1.165) is 11.2 Å². The van der Waals surface area contributed by atoms with Crippen molar-refractivity contribution < 1.29 is 4.79 Å². The molecule has 0 saturated heterocycles. The van der Waals surface area contributed by atoms with E-state index < -0.39 is 0 Å². The molecule has 1 aliphatic carbocycles. The lowest BCUT2D eigenvalue weighted by Crippen LogP contribution is -2.39. The standard InChI is InChI=1S/C11H20BrNO/c1-9-3-5-10(6-4-9)13(2)11(14)7-8-12/h9-10H,3-8H2,1-2H3. The molecule has 0 atom stereocenters. The monoisotopic (exact) mass is 261 g/mol. The fraction of sp³-hybridized carbons (Fsp3) is 0.909. The normalized spacial score (nSPS) is 27.4. The van der Waals surface area contributed by atoms with Crippen LogP contribution in [0.4, 0.5) is 0 Å². The quantitative estimate of drug-likeness (QED) is 0.716. The smallest absolute Gasteiger partial charge is 0.223 e. The summed E-state index contributed by atoms with van der Waals surface area (Å²) in [4.78, 5) is 13.6. The number of carbonyl (C=O) groups is 1. The molecule has 0 bridgehead atoms. The van der Waals surface area contributed by atoms with Gasteiger partial charge in [-0.05, 0) is 31.6 Å². The third kappa shape index (κ3) is 3.26. The fourth-order valence-electron chi connectivity index (χ4n) is 2.09. The highest BCUT2D eigenvalue weighted by molar-refractivity contribution is 9.09. The summed E-state index contributed by atoms with van der Waals surface area (Å²) in [5.41, 5.74) is 0. The summed E-state index contributed by atoms with van der Waals surface area (Å²) in [6.07, 6.45) is 5.55. The number of rotatable bonds is 3. The van der Waals surface area contributed by atoms with E-state index in [1.165, 1.54) is 25.7 Å². The third-order valence-electron chi connectivity index (χ3n) is 3.23. The molecule has 1 amide bonds. The molecule has 1 fully saturated rings. The van der Waals surface area contributed by atoms with Crippen molar-refractivity contribution in [1.82, 2.24) is 4.90 Å². The highest BCUT2D eigenvalue weighted by Crippen LogP contribution is 2.26. The molecule has 1 rings (SSSR count). The van der Waals surface area contributed by atoms with Gasteiger partial charge in [-0.2, -0.15) is 0 Å². The summed E-state index contributed by atoms with van der Waals surface area (Å²) in [5.74, 6) is 1.13. The van der Waals surface area contributed by atoms with Crippen molar-refractivity contribution in [3.05, 3.63) is 0 Å². The summed E-state index contributed by atoms with van der Waals surface area (Å²) in [7, 11) is 1.95. The molecule has 0 radical (unpaired) electrons. The molecule has 0 aliphatic heterocycles. The fourth-order valence-corrected chi connectivity index (χ4v) is 2.43. The molecule has 0 N–H and O–H groups in total. The summed E-state index contributed by atoms with van der Waals surface area (Å²) in [6, 6.07) is 0.498. The molecule has 82 valence electrons. The van der Waals surface area contributed by atoms with Gasteiger partial charge in [0.15, 0.2) is 0 Å². The van der Waals surface area contributed by atoms with E-state index in [1.807, 2.05) is 11.9 Å². The number of hydrogen-bond acceptors (Lipinski definition) is 1. The van der Waals surface area contributed by atoms with E-state index in [1.54, 1.807) is 0 Å². The molecular weight excluding hydrogens is 242 g/mol. The molecular formula is C11H20BrNO. The Balaban J connectivity index is 2.37. The Morgan fingerprint density at radius 3 is 2.43 bits per heavy atom. The maximum absolute atomic E-state index is 11.6. The number of carbonyl (C=O) groups excluding carboxylic acids is 1. The zero-order valence-corrected chi connectivity index (χ0v) is 10.7. The van der Waals surface area contributed by atoms with Crippen molar-refractivity contribution in [2.45, 2.75) is 45.1 Å². The van der Waals surface area contributed by atoms with E-state index in [4.69, 9.17) is 0 Å². The lowest BCUT2D eigenvalue weighted by atomic mass is 9.87. The average molecular weight is 262 g/mol. The minimum absolute atomic E-state index is 0.279. The van der Waals surface area contributed by atoms with E-state index >= 15 is 0 Å². The van der Waals surface area contributed by atoms with Gasteiger partial charge in [-0.1, -0.05) is 22.9 Å². The number of halogens is 1. The molecule has 1 aliphatic rings. The highest BCUT2D eigenvalue weighted by Gasteiger charge is 2.23. The van der Waals surface area contributed by atoms with Gasteiger partial charge in [-0.25, -0.2) is 0 Å². The van der Waals surface area contributed by atoms with Crippen LogP contribution < -0.4 is 0 Å². The van der Waals surface area contributed by atoms with E-state index in [2.05, 4.69) is 22.9 Å². The van der Waals surface area contributed by atoms with Crippen molar-refractivity contribution >= 4 is 21.8 Å².